The first kappa shape index (κ1) is 24.1. The fourth-order valence-electron chi connectivity index (χ4n) is 4.15. The largest absolute Gasteiger partial charge is 0.384 e. The van der Waals surface area contributed by atoms with Crippen LogP contribution >= 0.6 is 0 Å². The third kappa shape index (κ3) is 6.96. The van der Waals surface area contributed by atoms with Gasteiger partial charge < -0.3 is 10.6 Å². The molecule has 2 aromatic carbocycles. The van der Waals surface area contributed by atoms with Crippen LogP contribution in [0.4, 0.5) is 5.69 Å². The molecule has 3 aromatic rings. The maximum Gasteiger partial charge on any atom is 0.0663 e. The van der Waals surface area contributed by atoms with Crippen molar-refractivity contribution in [3.05, 3.63) is 77.1 Å². The Balaban J connectivity index is 0.000000195. The summed E-state index contributed by atoms with van der Waals surface area (Å²) < 4.78 is 2.19. The van der Waals surface area contributed by atoms with Gasteiger partial charge in [0.1, 0.15) is 0 Å². The number of benzene rings is 2. The molecule has 0 spiro atoms. The van der Waals surface area contributed by atoms with E-state index in [0.29, 0.717) is 0 Å². The van der Waals surface area contributed by atoms with E-state index in [4.69, 9.17) is 5.10 Å². The summed E-state index contributed by atoms with van der Waals surface area (Å²) in [5, 5.41) is 11.5. The normalized spacial score (nSPS) is 12.6. The first-order chi connectivity index (χ1) is 15.7. The lowest BCUT2D eigenvalue weighted by Gasteiger charge is -2.14. The van der Waals surface area contributed by atoms with Crippen LogP contribution in [0.5, 0.6) is 0 Å². The predicted molar refractivity (Wildman–Crippen MR) is 137 cm³/mol. The van der Waals surface area contributed by atoms with Gasteiger partial charge in [-0.2, -0.15) is 5.10 Å². The Bertz CT molecular complexity index is 913. The molecule has 0 unspecified atom stereocenters. The molecule has 1 aromatic heterocycles. The first-order valence-electron chi connectivity index (χ1n) is 12.4. The molecule has 4 heteroatoms. The summed E-state index contributed by atoms with van der Waals surface area (Å²) in [4.78, 5) is 0. The van der Waals surface area contributed by atoms with Crippen molar-refractivity contribution in [2.75, 3.05) is 25.0 Å². The summed E-state index contributed by atoms with van der Waals surface area (Å²) in [5.41, 5.74) is 8.07. The summed E-state index contributed by atoms with van der Waals surface area (Å²) in [5.74, 6) is 0. The van der Waals surface area contributed by atoms with E-state index in [1.54, 1.807) is 5.56 Å². The monoisotopic (exact) mass is 432 g/mol. The maximum absolute atomic E-state index is 4.92. The zero-order valence-electron chi connectivity index (χ0n) is 20.2. The molecule has 4 rings (SSSR count). The molecule has 0 amide bonds. The number of hydrogen-bond donors (Lipinski definition) is 2. The lowest BCUT2D eigenvalue weighted by Crippen LogP contribution is -2.21. The predicted octanol–water partition coefficient (Wildman–Crippen LogP) is 6.11. The quantitative estimate of drug-likeness (QED) is 0.401. The van der Waals surface area contributed by atoms with E-state index < -0.39 is 0 Å². The maximum atomic E-state index is 4.92. The van der Waals surface area contributed by atoms with Gasteiger partial charge >= 0.3 is 0 Å². The molecule has 1 heterocycles. The molecule has 0 bridgehead atoms. The van der Waals surface area contributed by atoms with E-state index in [1.165, 1.54) is 66.9 Å². The number of fused-ring (bicyclic) bond motifs is 1. The number of nitrogens with one attached hydrogen (secondary N) is 2. The molecular formula is C28H40N4. The van der Waals surface area contributed by atoms with Crippen molar-refractivity contribution < 1.29 is 0 Å². The fourth-order valence-corrected chi connectivity index (χ4v) is 4.15. The van der Waals surface area contributed by atoms with Gasteiger partial charge in [-0.15, -0.1) is 0 Å². The number of aryl methyl sites for hydroxylation is 2. The molecule has 0 aliphatic heterocycles. The fraction of sp³-hybridized carbons (Fsp3) is 0.464. The van der Waals surface area contributed by atoms with E-state index in [1.807, 2.05) is 0 Å². The van der Waals surface area contributed by atoms with E-state index in [9.17, 15) is 0 Å². The van der Waals surface area contributed by atoms with Gasteiger partial charge in [0.2, 0.25) is 0 Å². The van der Waals surface area contributed by atoms with Crippen LogP contribution in [0.25, 0.3) is 5.69 Å². The van der Waals surface area contributed by atoms with Crippen molar-refractivity contribution in [1.29, 1.82) is 0 Å². The van der Waals surface area contributed by atoms with Gasteiger partial charge in [-0.05, 0) is 81.8 Å². The van der Waals surface area contributed by atoms with Gasteiger partial charge in [-0.1, -0.05) is 56.2 Å². The summed E-state index contributed by atoms with van der Waals surface area (Å²) in [6, 6.07) is 19.0. The smallest absolute Gasteiger partial charge is 0.0663 e. The van der Waals surface area contributed by atoms with E-state index in [-0.39, 0.29) is 0 Å². The Morgan fingerprint density at radius 2 is 1.66 bits per heavy atom. The van der Waals surface area contributed by atoms with Gasteiger partial charge in [-0.3, -0.25) is 0 Å². The third-order valence-electron chi connectivity index (χ3n) is 5.96. The number of nitrogens with zero attached hydrogens (tertiary/aromatic N) is 2. The molecule has 32 heavy (non-hydrogen) atoms. The molecule has 1 aliphatic rings. The van der Waals surface area contributed by atoms with Crippen LogP contribution in [-0.2, 0) is 19.3 Å². The van der Waals surface area contributed by atoms with Crippen LogP contribution in [0.3, 0.4) is 0 Å². The average molecular weight is 433 g/mol. The van der Waals surface area contributed by atoms with Crippen LogP contribution in [0.2, 0.25) is 0 Å². The summed E-state index contributed by atoms with van der Waals surface area (Å²) in [6.07, 6.45) is 8.67. The number of likely N-dealkylation sites (N-methyl/N-ethyl adjacent to an activating group) is 1. The van der Waals surface area contributed by atoms with E-state index in [2.05, 4.69) is 90.7 Å². The number of aromatic nitrogens is 2. The van der Waals surface area contributed by atoms with Crippen molar-refractivity contribution in [3.63, 3.8) is 0 Å². The van der Waals surface area contributed by atoms with Crippen molar-refractivity contribution in [2.24, 2.45) is 0 Å². The van der Waals surface area contributed by atoms with E-state index in [0.717, 1.165) is 26.1 Å². The minimum absolute atomic E-state index is 0.983. The Labute approximate surface area is 194 Å². The molecular weight excluding hydrogens is 392 g/mol. The Morgan fingerprint density at radius 3 is 2.38 bits per heavy atom. The van der Waals surface area contributed by atoms with Gasteiger partial charge in [0, 0.05) is 24.5 Å². The lowest BCUT2D eigenvalue weighted by atomic mass is 9.94. The zero-order chi connectivity index (χ0) is 22.6. The van der Waals surface area contributed by atoms with Crippen molar-refractivity contribution >= 4 is 5.69 Å². The molecule has 0 fully saturated rings. The van der Waals surface area contributed by atoms with Crippen LogP contribution < -0.4 is 10.6 Å². The van der Waals surface area contributed by atoms with Gasteiger partial charge in [0.05, 0.1) is 11.4 Å². The minimum Gasteiger partial charge on any atom is -0.384 e. The molecule has 1 aliphatic carbocycles. The molecule has 2 N–H and O–H groups in total. The number of rotatable bonds is 9. The Hall–Kier alpha value is -2.59. The topological polar surface area (TPSA) is 41.9 Å². The number of para-hydroxylation sites is 1. The van der Waals surface area contributed by atoms with Crippen LogP contribution in [0, 0.1) is 6.92 Å². The minimum atomic E-state index is 0.983. The second-order valence-corrected chi connectivity index (χ2v) is 8.58. The third-order valence-corrected chi connectivity index (χ3v) is 5.96. The Morgan fingerprint density at radius 1 is 0.906 bits per heavy atom. The Kier molecular flexibility index (Phi) is 9.83. The summed E-state index contributed by atoms with van der Waals surface area (Å²) in [6.45, 7) is 9.51. The second-order valence-electron chi connectivity index (χ2n) is 8.58. The molecule has 0 radical (unpaired) electrons. The molecule has 172 valence electrons. The molecule has 0 atom stereocenters. The van der Waals surface area contributed by atoms with E-state index >= 15 is 0 Å². The SMILES string of the molecule is CCCCc1nn(-c2ccccc2)c2c1CCCC2.CCNCCNc1ccc(C)cc1. The molecule has 0 saturated carbocycles. The summed E-state index contributed by atoms with van der Waals surface area (Å²) in [7, 11) is 0. The van der Waals surface area contributed by atoms with Crippen molar-refractivity contribution in [3.8, 4) is 5.69 Å². The van der Waals surface area contributed by atoms with Crippen LogP contribution in [0.15, 0.2) is 54.6 Å². The van der Waals surface area contributed by atoms with Gasteiger partial charge in [-0.25, -0.2) is 4.68 Å². The summed E-state index contributed by atoms with van der Waals surface area (Å²) >= 11 is 0. The highest BCUT2D eigenvalue weighted by atomic mass is 15.3. The number of unbranched alkanes of at least 4 members (excludes halogenated alkanes) is 1. The second kappa shape index (κ2) is 13.1. The highest BCUT2D eigenvalue weighted by Crippen LogP contribution is 2.27. The highest BCUT2D eigenvalue weighted by Gasteiger charge is 2.20. The number of anilines is 1. The zero-order valence-corrected chi connectivity index (χ0v) is 20.2. The molecule has 0 saturated heterocycles. The number of hydrogen-bond acceptors (Lipinski definition) is 3. The van der Waals surface area contributed by atoms with Crippen molar-refractivity contribution in [2.45, 2.75) is 65.7 Å². The van der Waals surface area contributed by atoms with Crippen molar-refractivity contribution in [1.82, 2.24) is 15.1 Å². The average Bonchev–Trinajstić information content (AvgIpc) is 3.21. The standard InChI is InChI=1S/C17H22N2.C11H18N2/c1-2-3-12-16-15-11-7-8-13-17(15)19(18-16)14-9-5-4-6-10-14;1-3-12-8-9-13-11-6-4-10(2)5-7-11/h4-6,9-10H,2-3,7-8,11-13H2,1H3;4-7,12-13H,3,8-9H2,1-2H3. The van der Waals surface area contributed by atoms with Crippen LogP contribution in [-0.4, -0.2) is 29.4 Å². The van der Waals surface area contributed by atoms with Crippen LogP contribution in [0.1, 0.15) is 62.0 Å². The van der Waals surface area contributed by atoms with Gasteiger partial charge in [0.25, 0.3) is 0 Å². The lowest BCUT2D eigenvalue weighted by molar-refractivity contribution is 0.652. The highest BCUT2D eigenvalue weighted by molar-refractivity contribution is 5.44. The van der Waals surface area contributed by atoms with Gasteiger partial charge in [0.15, 0.2) is 0 Å². The molecule has 4 nitrogen and oxygen atoms in total. The first-order valence-corrected chi connectivity index (χ1v) is 12.4.